The lowest BCUT2D eigenvalue weighted by atomic mass is 10.0. The molecule has 0 aromatic carbocycles. The highest BCUT2D eigenvalue weighted by Gasteiger charge is 2.42. The van der Waals surface area contributed by atoms with E-state index in [4.69, 9.17) is 0 Å². The van der Waals surface area contributed by atoms with Gasteiger partial charge >= 0.3 is 6.03 Å². The summed E-state index contributed by atoms with van der Waals surface area (Å²) in [4.78, 5) is 23.3. The zero-order valence-electron chi connectivity index (χ0n) is 13.9. The molecule has 0 spiro atoms. The molecule has 1 aromatic heterocycles. The molecule has 0 radical (unpaired) electrons. The molecule has 1 aromatic rings. The second kappa shape index (κ2) is 7.69. The molecule has 132 valence electrons. The molecule has 3 atom stereocenters. The number of anilines is 1. The van der Waals surface area contributed by atoms with Gasteiger partial charge in [0.05, 0.1) is 12.1 Å². The Hall–Kier alpha value is -1.35. The van der Waals surface area contributed by atoms with Gasteiger partial charge in [-0.25, -0.2) is 4.79 Å². The van der Waals surface area contributed by atoms with Gasteiger partial charge in [0.1, 0.15) is 5.01 Å². The first-order chi connectivity index (χ1) is 11.5. The molecule has 2 saturated heterocycles. The SMILES string of the molecule is CC(C)c1nnc(NC(=O)CCCCC2SCC3NC(=O)NC32)s1. The van der Waals surface area contributed by atoms with E-state index in [9.17, 15) is 9.59 Å². The molecule has 3 rings (SSSR count). The van der Waals surface area contributed by atoms with Crippen molar-refractivity contribution in [1.29, 1.82) is 0 Å². The Bertz CT molecular complexity index is 606. The van der Waals surface area contributed by atoms with E-state index in [-0.39, 0.29) is 24.0 Å². The van der Waals surface area contributed by atoms with E-state index in [0.29, 0.717) is 22.7 Å². The molecule has 7 nitrogen and oxygen atoms in total. The van der Waals surface area contributed by atoms with Gasteiger partial charge in [0.25, 0.3) is 0 Å². The van der Waals surface area contributed by atoms with Gasteiger partial charge in [-0.05, 0) is 12.8 Å². The van der Waals surface area contributed by atoms with Crippen molar-refractivity contribution >= 4 is 40.2 Å². The fraction of sp³-hybridized carbons (Fsp3) is 0.733. The smallest absolute Gasteiger partial charge is 0.315 e. The summed E-state index contributed by atoms with van der Waals surface area (Å²) in [6, 6.07) is 0.461. The van der Waals surface area contributed by atoms with Crippen molar-refractivity contribution in [3.63, 3.8) is 0 Å². The molecule has 3 amide bonds. The Balaban J connectivity index is 1.34. The van der Waals surface area contributed by atoms with E-state index in [1.54, 1.807) is 0 Å². The standard InChI is InChI=1S/C15H23N5O2S2/c1-8(2)13-19-20-15(24-13)17-11(21)6-4-3-5-10-12-9(7-23-10)16-14(22)18-12/h8-10,12H,3-7H2,1-2H3,(H2,16,18,22)(H,17,20,21). The van der Waals surface area contributed by atoms with Crippen LogP contribution in [0.15, 0.2) is 0 Å². The molecule has 9 heteroatoms. The van der Waals surface area contributed by atoms with Gasteiger partial charge in [0.2, 0.25) is 11.0 Å². The molecule has 2 aliphatic rings. The second-order valence-corrected chi connectivity index (χ2v) is 8.80. The van der Waals surface area contributed by atoms with Gasteiger partial charge in [-0.15, -0.1) is 10.2 Å². The Labute approximate surface area is 149 Å². The molecule has 0 aliphatic carbocycles. The van der Waals surface area contributed by atoms with Gasteiger partial charge in [-0.1, -0.05) is 31.6 Å². The summed E-state index contributed by atoms with van der Waals surface area (Å²) in [5.74, 6) is 1.30. The predicted octanol–water partition coefficient (Wildman–Crippen LogP) is 2.33. The average Bonchev–Trinajstić information content (AvgIpc) is 3.20. The summed E-state index contributed by atoms with van der Waals surface area (Å²) in [6.07, 6.45) is 3.35. The minimum atomic E-state index is -0.0486. The highest BCUT2D eigenvalue weighted by Crippen LogP contribution is 2.33. The van der Waals surface area contributed by atoms with Crippen LogP contribution in [0.1, 0.15) is 50.5 Å². The zero-order chi connectivity index (χ0) is 17.1. The number of nitrogens with zero attached hydrogens (tertiary/aromatic N) is 2. The van der Waals surface area contributed by atoms with Crippen LogP contribution in [0.3, 0.4) is 0 Å². The Kier molecular flexibility index (Phi) is 5.60. The predicted molar refractivity (Wildman–Crippen MR) is 96.6 cm³/mol. The number of nitrogens with one attached hydrogen (secondary N) is 3. The lowest BCUT2D eigenvalue weighted by molar-refractivity contribution is -0.116. The minimum Gasteiger partial charge on any atom is -0.332 e. The molecular weight excluding hydrogens is 346 g/mol. The van der Waals surface area contributed by atoms with Gasteiger partial charge in [-0.3, -0.25) is 4.79 Å². The summed E-state index contributed by atoms with van der Waals surface area (Å²) in [7, 11) is 0. The maximum Gasteiger partial charge on any atom is 0.315 e. The van der Waals surface area contributed by atoms with Crippen molar-refractivity contribution in [2.75, 3.05) is 11.1 Å². The number of urea groups is 1. The number of unbranched alkanes of at least 4 members (excludes halogenated alkanes) is 1. The van der Waals surface area contributed by atoms with Crippen LogP contribution in [-0.2, 0) is 4.79 Å². The summed E-state index contributed by atoms with van der Waals surface area (Å²) < 4.78 is 0. The molecule has 2 fully saturated rings. The Morgan fingerprint density at radius 3 is 2.92 bits per heavy atom. The van der Waals surface area contributed by atoms with Crippen molar-refractivity contribution in [3.05, 3.63) is 5.01 Å². The summed E-state index contributed by atoms with van der Waals surface area (Å²) in [6.45, 7) is 4.11. The van der Waals surface area contributed by atoms with Crippen LogP contribution in [0.4, 0.5) is 9.93 Å². The van der Waals surface area contributed by atoms with Crippen LogP contribution in [0.25, 0.3) is 0 Å². The van der Waals surface area contributed by atoms with Gasteiger partial charge in [0, 0.05) is 23.3 Å². The zero-order valence-corrected chi connectivity index (χ0v) is 15.5. The van der Waals surface area contributed by atoms with E-state index in [1.165, 1.54) is 11.3 Å². The van der Waals surface area contributed by atoms with E-state index < -0.39 is 0 Å². The normalized spacial score (nSPS) is 25.5. The quantitative estimate of drug-likeness (QED) is 0.506. The molecule has 2 aliphatic heterocycles. The third-order valence-corrected chi connectivity index (χ3v) is 6.91. The van der Waals surface area contributed by atoms with Gasteiger partial charge in [-0.2, -0.15) is 11.8 Å². The molecule has 24 heavy (non-hydrogen) atoms. The van der Waals surface area contributed by atoms with Crippen LogP contribution in [0.5, 0.6) is 0 Å². The average molecular weight is 370 g/mol. The van der Waals surface area contributed by atoms with Crippen molar-refractivity contribution in [2.24, 2.45) is 0 Å². The summed E-state index contributed by atoms with van der Waals surface area (Å²) in [5, 5.41) is 18.8. The van der Waals surface area contributed by atoms with E-state index in [0.717, 1.165) is 30.0 Å². The number of thioether (sulfide) groups is 1. The lowest BCUT2D eigenvalue weighted by Gasteiger charge is -2.16. The van der Waals surface area contributed by atoms with Crippen LogP contribution in [0.2, 0.25) is 0 Å². The Morgan fingerprint density at radius 2 is 2.17 bits per heavy atom. The highest BCUT2D eigenvalue weighted by molar-refractivity contribution is 8.00. The Morgan fingerprint density at radius 1 is 1.33 bits per heavy atom. The summed E-state index contributed by atoms with van der Waals surface area (Å²) in [5.41, 5.74) is 0. The van der Waals surface area contributed by atoms with Crippen molar-refractivity contribution in [3.8, 4) is 0 Å². The van der Waals surface area contributed by atoms with Gasteiger partial charge < -0.3 is 16.0 Å². The maximum atomic E-state index is 12.0. The van der Waals surface area contributed by atoms with Crippen molar-refractivity contribution < 1.29 is 9.59 Å². The van der Waals surface area contributed by atoms with Crippen LogP contribution in [-0.4, -0.2) is 45.2 Å². The second-order valence-electron chi connectivity index (χ2n) is 6.52. The first-order valence-electron chi connectivity index (χ1n) is 8.35. The van der Waals surface area contributed by atoms with Crippen LogP contribution in [0, 0.1) is 0 Å². The number of hydrogen-bond acceptors (Lipinski definition) is 6. The fourth-order valence-electron chi connectivity index (χ4n) is 2.97. The maximum absolute atomic E-state index is 12.0. The molecule has 0 saturated carbocycles. The number of fused-ring (bicyclic) bond motifs is 1. The minimum absolute atomic E-state index is 0.00533. The van der Waals surface area contributed by atoms with Gasteiger partial charge in [0.15, 0.2) is 0 Å². The number of hydrogen-bond donors (Lipinski definition) is 3. The highest BCUT2D eigenvalue weighted by atomic mass is 32.2. The summed E-state index contributed by atoms with van der Waals surface area (Å²) >= 11 is 3.34. The first kappa shape index (κ1) is 17.5. The fourth-order valence-corrected chi connectivity index (χ4v) is 5.28. The van der Waals surface area contributed by atoms with Crippen LogP contribution >= 0.6 is 23.1 Å². The number of rotatable bonds is 7. The number of aromatic nitrogens is 2. The van der Waals surface area contributed by atoms with Crippen molar-refractivity contribution in [1.82, 2.24) is 20.8 Å². The lowest BCUT2D eigenvalue weighted by Crippen LogP contribution is -2.36. The van der Waals surface area contributed by atoms with E-state index in [2.05, 4.69) is 40.0 Å². The third-order valence-electron chi connectivity index (χ3n) is 4.26. The first-order valence-corrected chi connectivity index (χ1v) is 10.2. The number of carbonyl (C=O) groups is 2. The van der Waals surface area contributed by atoms with E-state index >= 15 is 0 Å². The monoisotopic (exact) mass is 369 g/mol. The topological polar surface area (TPSA) is 96.0 Å². The number of carbonyl (C=O) groups excluding carboxylic acids is 2. The molecule has 3 heterocycles. The number of amides is 3. The molecule has 0 bridgehead atoms. The molecule has 3 unspecified atom stereocenters. The van der Waals surface area contributed by atoms with Crippen molar-refractivity contribution in [2.45, 2.75) is 62.8 Å². The van der Waals surface area contributed by atoms with Crippen LogP contribution < -0.4 is 16.0 Å². The largest absolute Gasteiger partial charge is 0.332 e. The molecular formula is C15H23N5O2S2. The van der Waals surface area contributed by atoms with E-state index in [1.807, 2.05) is 11.8 Å². The molecule has 3 N–H and O–H groups in total. The third kappa shape index (κ3) is 4.18.